The molecule has 0 aliphatic carbocycles. The van der Waals surface area contributed by atoms with Crippen molar-refractivity contribution < 1.29 is 9.47 Å². The summed E-state index contributed by atoms with van der Waals surface area (Å²) in [6.07, 6.45) is 0. The van der Waals surface area contributed by atoms with Crippen LogP contribution in [-0.2, 0) is 0 Å². The van der Waals surface area contributed by atoms with Crippen LogP contribution in [0.2, 0.25) is 0 Å². The van der Waals surface area contributed by atoms with E-state index in [1.165, 1.54) is 0 Å². The Hall–Kier alpha value is -1.74. The van der Waals surface area contributed by atoms with Gasteiger partial charge in [0.05, 0.1) is 20.3 Å². The maximum absolute atomic E-state index is 6.22. The first-order valence-corrected chi connectivity index (χ1v) is 12.0. The lowest BCUT2D eigenvalue weighted by Crippen LogP contribution is -1.93. The number of rotatable bonds is 6. The third kappa shape index (κ3) is 4.46. The van der Waals surface area contributed by atoms with Crippen molar-refractivity contribution in [3.05, 3.63) is 81.7 Å². The number of anilines is 2. The Morgan fingerprint density at radius 2 is 1.27 bits per heavy atom. The molecule has 30 heavy (non-hydrogen) atoms. The second-order valence-corrected chi connectivity index (χ2v) is 8.71. The van der Waals surface area contributed by atoms with E-state index >= 15 is 0 Å². The second-order valence-electron chi connectivity index (χ2n) is 6.27. The van der Waals surface area contributed by atoms with Crippen LogP contribution < -0.4 is 18.2 Å². The summed E-state index contributed by atoms with van der Waals surface area (Å²) < 4.78 is 19.9. The Labute approximate surface area is 207 Å². The monoisotopic (exact) mass is 654 g/mol. The zero-order valence-electron chi connectivity index (χ0n) is 15.3. The Balaban J connectivity index is 1.74. The molecular weight excluding hydrogens is 644 g/mol. The van der Waals surface area contributed by atoms with Crippen molar-refractivity contribution >= 4 is 86.3 Å². The third-order valence-electron chi connectivity index (χ3n) is 4.38. The number of hydrogen-bond donors (Lipinski definition) is 2. The van der Waals surface area contributed by atoms with E-state index < -0.39 is 0 Å². The molecule has 0 saturated carbocycles. The van der Waals surface area contributed by atoms with Gasteiger partial charge in [-0.05, 0) is 79.7 Å². The van der Waals surface area contributed by atoms with Crippen molar-refractivity contribution in [1.82, 2.24) is 0 Å². The molecule has 0 unspecified atom stereocenters. The predicted molar refractivity (Wildman–Crippen MR) is 137 cm³/mol. The molecule has 0 radical (unpaired) electrons. The summed E-state index contributed by atoms with van der Waals surface area (Å²) in [5.41, 5.74) is 1.67. The highest BCUT2D eigenvalue weighted by Gasteiger charge is 2.15. The zero-order valence-corrected chi connectivity index (χ0v) is 21.6. The SMILES string of the molecule is BrNc1ccccc1Oc1ccc2cc(Br)c(Oc3ccccc3NBr)c(Br)c2c1. The molecule has 0 saturated heterocycles. The highest BCUT2D eigenvalue weighted by molar-refractivity contribution is 9.11. The van der Waals surface area contributed by atoms with Gasteiger partial charge in [0.15, 0.2) is 17.2 Å². The first-order chi connectivity index (χ1) is 14.6. The van der Waals surface area contributed by atoms with Gasteiger partial charge in [0.1, 0.15) is 5.75 Å². The van der Waals surface area contributed by atoms with Gasteiger partial charge in [-0.2, -0.15) is 0 Å². The quantitative estimate of drug-likeness (QED) is 0.203. The molecular formula is C22H14Br4N2O2. The van der Waals surface area contributed by atoms with E-state index in [0.717, 1.165) is 36.8 Å². The Morgan fingerprint density at radius 3 is 1.90 bits per heavy atom. The summed E-state index contributed by atoms with van der Waals surface area (Å²) in [5.74, 6) is 2.81. The minimum absolute atomic E-state index is 0.678. The summed E-state index contributed by atoms with van der Waals surface area (Å²) in [6.45, 7) is 0. The molecule has 4 aromatic rings. The van der Waals surface area contributed by atoms with E-state index in [1.54, 1.807) is 0 Å². The Morgan fingerprint density at radius 1 is 0.667 bits per heavy atom. The molecule has 0 bridgehead atoms. The molecule has 0 heterocycles. The molecule has 0 aromatic heterocycles. The molecule has 4 rings (SSSR count). The average molecular weight is 658 g/mol. The maximum atomic E-state index is 6.22. The van der Waals surface area contributed by atoms with Gasteiger partial charge in [-0.15, -0.1) is 0 Å². The van der Waals surface area contributed by atoms with Crippen LogP contribution in [0.3, 0.4) is 0 Å². The fourth-order valence-corrected chi connectivity index (χ4v) is 5.03. The van der Waals surface area contributed by atoms with E-state index in [1.807, 2.05) is 72.8 Å². The Kier molecular flexibility index (Phi) is 6.87. The molecule has 0 spiro atoms. The van der Waals surface area contributed by atoms with Gasteiger partial charge in [-0.1, -0.05) is 30.3 Å². The largest absolute Gasteiger partial charge is 0.455 e. The van der Waals surface area contributed by atoms with Gasteiger partial charge in [0, 0.05) is 37.7 Å². The molecule has 8 heteroatoms. The summed E-state index contributed by atoms with van der Waals surface area (Å²) in [6, 6.07) is 23.4. The van der Waals surface area contributed by atoms with Crippen molar-refractivity contribution in [3.8, 4) is 23.0 Å². The average Bonchev–Trinajstić information content (AvgIpc) is 2.77. The van der Waals surface area contributed by atoms with Crippen LogP contribution >= 0.6 is 64.2 Å². The summed E-state index contributed by atoms with van der Waals surface area (Å²) in [4.78, 5) is 0. The minimum atomic E-state index is 0.678. The van der Waals surface area contributed by atoms with Crippen LogP contribution in [0, 0.1) is 0 Å². The van der Waals surface area contributed by atoms with Crippen LogP contribution in [0.25, 0.3) is 10.8 Å². The number of halogens is 4. The van der Waals surface area contributed by atoms with Crippen LogP contribution in [0.1, 0.15) is 0 Å². The number of ether oxygens (including phenoxy) is 2. The molecule has 0 aliphatic heterocycles. The standard InChI is InChI=1S/C22H14Br4N2O2/c23-16-11-13-9-10-14(29-19-7-3-1-5-17(19)27-25)12-15(13)21(24)22(16)30-20-8-4-2-6-18(20)28-26/h1-12,27-28H. The second kappa shape index (κ2) is 9.60. The summed E-state index contributed by atoms with van der Waals surface area (Å²) in [5, 5.41) is 2.02. The fourth-order valence-electron chi connectivity index (χ4n) is 2.94. The van der Waals surface area contributed by atoms with E-state index in [2.05, 4.69) is 72.8 Å². The lowest BCUT2D eigenvalue weighted by molar-refractivity contribution is 0.479. The molecule has 2 N–H and O–H groups in total. The first kappa shape index (κ1) is 21.5. The lowest BCUT2D eigenvalue weighted by Gasteiger charge is -2.15. The molecule has 4 aromatic carbocycles. The van der Waals surface area contributed by atoms with Gasteiger partial charge in [0.25, 0.3) is 0 Å². The van der Waals surface area contributed by atoms with Gasteiger partial charge in [0.2, 0.25) is 0 Å². The highest BCUT2D eigenvalue weighted by atomic mass is 79.9. The van der Waals surface area contributed by atoms with Crippen LogP contribution in [0.5, 0.6) is 23.0 Å². The summed E-state index contributed by atoms with van der Waals surface area (Å²) in [7, 11) is 0. The van der Waals surface area contributed by atoms with E-state index in [4.69, 9.17) is 9.47 Å². The smallest absolute Gasteiger partial charge is 0.156 e. The van der Waals surface area contributed by atoms with Crippen molar-refractivity contribution in [2.75, 3.05) is 8.69 Å². The number of hydrogen-bond acceptors (Lipinski definition) is 4. The molecule has 4 nitrogen and oxygen atoms in total. The molecule has 0 amide bonds. The minimum Gasteiger partial charge on any atom is -0.455 e. The number of nitrogens with one attached hydrogen (secondary N) is 2. The van der Waals surface area contributed by atoms with E-state index in [0.29, 0.717) is 17.2 Å². The van der Waals surface area contributed by atoms with Crippen LogP contribution in [0.15, 0.2) is 81.7 Å². The highest BCUT2D eigenvalue weighted by Crippen LogP contribution is 2.44. The van der Waals surface area contributed by atoms with Gasteiger partial charge < -0.3 is 18.2 Å². The van der Waals surface area contributed by atoms with Crippen LogP contribution in [0.4, 0.5) is 11.4 Å². The van der Waals surface area contributed by atoms with Crippen molar-refractivity contribution in [2.45, 2.75) is 0 Å². The molecule has 0 aliphatic rings. The van der Waals surface area contributed by atoms with Crippen molar-refractivity contribution in [1.29, 1.82) is 0 Å². The Bertz CT molecular complexity index is 1220. The van der Waals surface area contributed by atoms with Gasteiger partial charge in [-0.25, -0.2) is 0 Å². The topological polar surface area (TPSA) is 42.5 Å². The van der Waals surface area contributed by atoms with Crippen molar-refractivity contribution in [2.24, 2.45) is 0 Å². The number of para-hydroxylation sites is 4. The van der Waals surface area contributed by atoms with E-state index in [-0.39, 0.29) is 0 Å². The molecule has 152 valence electrons. The predicted octanol–water partition coefficient (Wildman–Crippen LogP) is 9.39. The first-order valence-electron chi connectivity index (χ1n) is 8.79. The normalized spacial score (nSPS) is 10.7. The fraction of sp³-hybridized carbons (Fsp3) is 0. The van der Waals surface area contributed by atoms with E-state index in [9.17, 15) is 0 Å². The third-order valence-corrected chi connectivity index (χ3v) is 6.61. The molecule has 0 atom stereocenters. The lowest BCUT2D eigenvalue weighted by atomic mass is 10.1. The zero-order chi connectivity index (χ0) is 21.1. The van der Waals surface area contributed by atoms with Gasteiger partial charge >= 0.3 is 0 Å². The van der Waals surface area contributed by atoms with Crippen LogP contribution in [-0.4, -0.2) is 0 Å². The summed E-state index contributed by atoms with van der Waals surface area (Å²) >= 11 is 13.9. The maximum Gasteiger partial charge on any atom is 0.156 e. The van der Waals surface area contributed by atoms with Gasteiger partial charge in [-0.3, -0.25) is 0 Å². The molecule has 0 fully saturated rings. The number of benzene rings is 4. The number of fused-ring (bicyclic) bond motifs is 1. The van der Waals surface area contributed by atoms with Crippen molar-refractivity contribution in [3.63, 3.8) is 0 Å².